The van der Waals surface area contributed by atoms with E-state index in [1.165, 1.54) is 0 Å². The minimum Gasteiger partial charge on any atom is -0.243 e. The number of alkyl halides is 1. The van der Waals surface area contributed by atoms with Crippen molar-refractivity contribution < 1.29 is 4.39 Å². The maximum atomic E-state index is 12.8. The SMILES string of the molecule is CC(C)C12CC1(F)C2. The van der Waals surface area contributed by atoms with Crippen LogP contribution in [0.4, 0.5) is 4.39 Å². The molecule has 0 nitrogen and oxygen atoms in total. The molecule has 0 radical (unpaired) electrons. The first-order chi connectivity index (χ1) is 3.61. The first-order valence-electron chi connectivity index (χ1n) is 3.30. The van der Waals surface area contributed by atoms with Crippen molar-refractivity contribution >= 4 is 0 Å². The molecule has 0 aromatic rings. The van der Waals surface area contributed by atoms with E-state index in [-0.39, 0.29) is 5.41 Å². The van der Waals surface area contributed by atoms with Crippen LogP contribution >= 0.6 is 0 Å². The van der Waals surface area contributed by atoms with Gasteiger partial charge in [0.15, 0.2) is 0 Å². The highest BCUT2D eigenvalue weighted by atomic mass is 19.1. The Kier molecular flexibility index (Phi) is 0.508. The molecule has 1 heteroatoms. The number of hydrogen-bond acceptors (Lipinski definition) is 0. The fraction of sp³-hybridized carbons (Fsp3) is 1.00. The lowest BCUT2D eigenvalue weighted by molar-refractivity contribution is 0.387. The van der Waals surface area contributed by atoms with Crippen molar-refractivity contribution in [3.8, 4) is 0 Å². The second-order valence-corrected chi connectivity index (χ2v) is 3.63. The van der Waals surface area contributed by atoms with Gasteiger partial charge in [0.1, 0.15) is 5.67 Å². The monoisotopic (exact) mass is 114 g/mol. The average Bonchev–Trinajstić information content (AvgIpc) is 2.22. The molecular formula is C7H11F. The molecule has 2 saturated carbocycles. The van der Waals surface area contributed by atoms with E-state index in [2.05, 4.69) is 13.8 Å². The van der Waals surface area contributed by atoms with Crippen LogP contribution in [0.1, 0.15) is 26.7 Å². The Bertz CT molecular complexity index is 131. The largest absolute Gasteiger partial charge is 0.243 e. The molecule has 2 fully saturated rings. The van der Waals surface area contributed by atoms with Gasteiger partial charge in [-0.2, -0.15) is 0 Å². The maximum absolute atomic E-state index is 12.8. The predicted octanol–water partition coefficient (Wildman–Crippen LogP) is 2.14. The van der Waals surface area contributed by atoms with Crippen molar-refractivity contribution in [3.63, 3.8) is 0 Å². The highest BCUT2D eigenvalue weighted by Crippen LogP contribution is 2.84. The summed E-state index contributed by atoms with van der Waals surface area (Å²) in [6.07, 6.45) is 1.72. The van der Waals surface area contributed by atoms with Crippen LogP contribution in [0.2, 0.25) is 0 Å². The number of halogens is 1. The molecule has 8 heavy (non-hydrogen) atoms. The molecule has 0 aliphatic heterocycles. The van der Waals surface area contributed by atoms with Crippen LogP contribution in [0.25, 0.3) is 0 Å². The standard InChI is InChI=1S/C7H11F/c1-5(2)6-3-7(6,8)4-6/h5H,3-4H2,1-2H3. The second-order valence-electron chi connectivity index (χ2n) is 3.63. The first kappa shape index (κ1) is 4.78. The molecule has 0 aromatic carbocycles. The second kappa shape index (κ2) is 0.850. The van der Waals surface area contributed by atoms with Crippen molar-refractivity contribution in [2.75, 3.05) is 0 Å². The summed E-state index contributed by atoms with van der Waals surface area (Å²) in [5.41, 5.74) is -0.478. The van der Waals surface area contributed by atoms with Crippen LogP contribution in [0.15, 0.2) is 0 Å². The van der Waals surface area contributed by atoms with Crippen molar-refractivity contribution in [2.45, 2.75) is 32.4 Å². The van der Waals surface area contributed by atoms with Gasteiger partial charge in [-0.05, 0) is 18.8 Å². The fourth-order valence-electron chi connectivity index (χ4n) is 1.79. The maximum Gasteiger partial charge on any atom is 0.118 e. The minimum absolute atomic E-state index is 0.188. The van der Waals surface area contributed by atoms with Crippen LogP contribution < -0.4 is 0 Å². The first-order valence-corrected chi connectivity index (χ1v) is 3.30. The summed E-state index contributed by atoms with van der Waals surface area (Å²) in [6.45, 7) is 4.24. The van der Waals surface area contributed by atoms with Gasteiger partial charge in [-0.3, -0.25) is 0 Å². The molecular weight excluding hydrogens is 103 g/mol. The summed E-state index contributed by atoms with van der Waals surface area (Å²) in [5.74, 6) is 0.576. The smallest absolute Gasteiger partial charge is 0.118 e. The Morgan fingerprint density at radius 1 is 1.38 bits per heavy atom. The van der Waals surface area contributed by atoms with E-state index in [1.807, 2.05) is 0 Å². The predicted molar refractivity (Wildman–Crippen MR) is 30.3 cm³/mol. The Labute approximate surface area is 49.1 Å². The van der Waals surface area contributed by atoms with Gasteiger partial charge in [0.05, 0.1) is 0 Å². The summed E-state index contributed by atoms with van der Waals surface area (Å²) in [7, 11) is 0. The van der Waals surface area contributed by atoms with Gasteiger partial charge in [-0.15, -0.1) is 0 Å². The summed E-state index contributed by atoms with van der Waals surface area (Å²) in [5, 5.41) is 0. The molecule has 0 aromatic heterocycles. The van der Waals surface area contributed by atoms with Crippen LogP contribution in [0.3, 0.4) is 0 Å². The van der Waals surface area contributed by atoms with Crippen molar-refractivity contribution in [1.82, 2.24) is 0 Å². The van der Waals surface area contributed by atoms with Crippen molar-refractivity contribution in [1.29, 1.82) is 0 Å². The van der Waals surface area contributed by atoms with Gasteiger partial charge < -0.3 is 0 Å². The topological polar surface area (TPSA) is 0 Å². The zero-order valence-electron chi connectivity index (χ0n) is 5.37. The Balaban J connectivity index is 2.13. The molecule has 2 aliphatic carbocycles. The van der Waals surface area contributed by atoms with Gasteiger partial charge in [0, 0.05) is 5.41 Å². The van der Waals surface area contributed by atoms with Crippen molar-refractivity contribution in [2.24, 2.45) is 11.3 Å². The van der Waals surface area contributed by atoms with Crippen molar-refractivity contribution in [3.05, 3.63) is 0 Å². The third kappa shape index (κ3) is 0.274. The molecule has 0 bridgehead atoms. The molecule has 0 saturated heterocycles. The molecule has 0 heterocycles. The normalized spacial score (nSPS) is 58.5. The van der Waals surface area contributed by atoms with E-state index in [0.717, 1.165) is 12.8 Å². The van der Waals surface area contributed by atoms with Crippen LogP contribution in [0.5, 0.6) is 0 Å². The van der Waals surface area contributed by atoms with E-state index in [0.29, 0.717) is 5.92 Å². The van der Waals surface area contributed by atoms with Gasteiger partial charge in [0.2, 0.25) is 0 Å². The Morgan fingerprint density at radius 3 is 1.75 bits per heavy atom. The van der Waals surface area contributed by atoms with Crippen LogP contribution in [-0.2, 0) is 0 Å². The number of rotatable bonds is 1. The zero-order valence-corrected chi connectivity index (χ0v) is 5.37. The molecule has 0 N–H and O–H groups in total. The van der Waals surface area contributed by atoms with Crippen LogP contribution in [0, 0.1) is 11.3 Å². The molecule has 0 amide bonds. The Hall–Kier alpha value is -0.0700. The summed E-state index contributed by atoms with van der Waals surface area (Å²) in [4.78, 5) is 0. The van der Waals surface area contributed by atoms with Gasteiger partial charge in [0.25, 0.3) is 0 Å². The summed E-state index contributed by atoms with van der Waals surface area (Å²) >= 11 is 0. The lowest BCUT2D eigenvalue weighted by Gasteiger charge is -2.02. The summed E-state index contributed by atoms with van der Waals surface area (Å²) < 4.78 is 12.8. The van der Waals surface area contributed by atoms with E-state index >= 15 is 0 Å². The quantitative estimate of drug-likeness (QED) is 0.490. The van der Waals surface area contributed by atoms with E-state index in [1.54, 1.807) is 0 Å². The summed E-state index contributed by atoms with van der Waals surface area (Å²) in [6, 6.07) is 0. The van der Waals surface area contributed by atoms with Gasteiger partial charge in [-0.25, -0.2) is 4.39 Å². The molecule has 2 rings (SSSR count). The van der Waals surface area contributed by atoms with E-state index in [9.17, 15) is 4.39 Å². The lowest BCUT2D eigenvalue weighted by atomic mass is 10.0. The Morgan fingerprint density at radius 2 is 1.75 bits per heavy atom. The highest BCUT2D eigenvalue weighted by Gasteiger charge is 2.85. The lowest BCUT2D eigenvalue weighted by Crippen LogP contribution is -1.95. The zero-order chi connectivity index (χ0) is 5.99. The minimum atomic E-state index is -0.666. The fourth-order valence-corrected chi connectivity index (χ4v) is 1.79. The average molecular weight is 114 g/mol. The van der Waals surface area contributed by atoms with Crippen LogP contribution in [-0.4, -0.2) is 5.67 Å². The molecule has 0 unspecified atom stereocenters. The molecule has 0 atom stereocenters. The molecule has 0 spiro atoms. The molecule has 2 aliphatic rings. The van der Waals surface area contributed by atoms with Gasteiger partial charge in [-0.1, -0.05) is 13.8 Å². The number of fused-ring (bicyclic) bond motifs is 1. The third-order valence-electron chi connectivity index (χ3n) is 2.94. The third-order valence-corrected chi connectivity index (χ3v) is 2.94. The molecule has 46 valence electrons. The number of hydrogen-bond donors (Lipinski definition) is 0. The van der Waals surface area contributed by atoms with E-state index in [4.69, 9.17) is 0 Å². The van der Waals surface area contributed by atoms with E-state index < -0.39 is 5.67 Å². The van der Waals surface area contributed by atoms with Gasteiger partial charge >= 0.3 is 0 Å². The highest BCUT2D eigenvalue weighted by molar-refractivity contribution is 5.34.